The Morgan fingerprint density at radius 2 is 2.33 bits per heavy atom. The van der Waals surface area contributed by atoms with Crippen molar-refractivity contribution < 1.29 is 14.8 Å². The third kappa shape index (κ3) is 2.21. The number of rotatable bonds is 4. The number of benzene rings is 1. The first kappa shape index (κ1) is 10.6. The fourth-order valence-electron chi connectivity index (χ4n) is 1.82. The Bertz CT molecular complexity index is 345. The van der Waals surface area contributed by atoms with Gasteiger partial charge in [-0.05, 0) is 16.6 Å². The highest BCUT2D eigenvalue weighted by atomic mass is 16.5. The van der Waals surface area contributed by atoms with Crippen LogP contribution in [0.3, 0.4) is 0 Å². The average molecular weight is 207 g/mol. The van der Waals surface area contributed by atoms with Gasteiger partial charge >= 0.3 is 7.12 Å². The van der Waals surface area contributed by atoms with E-state index in [9.17, 15) is 5.02 Å². The van der Waals surface area contributed by atoms with Gasteiger partial charge < -0.3 is 20.1 Å². The Hall–Kier alpha value is -0.875. The van der Waals surface area contributed by atoms with Gasteiger partial charge in [0, 0.05) is 13.1 Å². The van der Waals surface area contributed by atoms with Crippen molar-refractivity contribution in [3.05, 3.63) is 29.3 Å². The van der Waals surface area contributed by atoms with Crippen LogP contribution in [0.25, 0.3) is 0 Å². The lowest BCUT2D eigenvalue weighted by atomic mass is 9.76. The Balaban J connectivity index is 2.14. The van der Waals surface area contributed by atoms with E-state index in [0.717, 1.165) is 16.6 Å². The SMILES string of the molecule is OCCNCc1cccc2c1B(O)OC2. The summed E-state index contributed by atoms with van der Waals surface area (Å²) in [6.45, 7) is 1.79. The van der Waals surface area contributed by atoms with E-state index in [1.807, 2.05) is 18.2 Å². The molecule has 80 valence electrons. The zero-order valence-corrected chi connectivity index (χ0v) is 8.44. The summed E-state index contributed by atoms with van der Waals surface area (Å²) >= 11 is 0. The summed E-state index contributed by atoms with van der Waals surface area (Å²) in [6, 6.07) is 5.87. The second-order valence-electron chi connectivity index (χ2n) is 3.55. The van der Waals surface area contributed by atoms with Crippen molar-refractivity contribution in [2.24, 2.45) is 0 Å². The molecule has 0 saturated heterocycles. The maximum absolute atomic E-state index is 9.62. The number of aliphatic hydroxyl groups excluding tert-OH is 1. The standard InChI is InChI=1S/C10H14BNO3/c13-5-4-12-6-8-2-1-3-9-7-15-11(14)10(8)9/h1-3,12-14H,4-7H2. The molecule has 15 heavy (non-hydrogen) atoms. The Morgan fingerprint density at radius 3 is 3.13 bits per heavy atom. The fraction of sp³-hybridized carbons (Fsp3) is 0.400. The molecule has 0 aliphatic carbocycles. The van der Waals surface area contributed by atoms with Crippen LogP contribution in [-0.4, -0.2) is 30.4 Å². The molecule has 0 bridgehead atoms. The van der Waals surface area contributed by atoms with E-state index in [4.69, 9.17) is 9.76 Å². The van der Waals surface area contributed by atoms with Crippen molar-refractivity contribution in [3.63, 3.8) is 0 Å². The van der Waals surface area contributed by atoms with E-state index in [0.29, 0.717) is 19.7 Å². The van der Waals surface area contributed by atoms with Gasteiger partial charge in [0.2, 0.25) is 0 Å². The minimum atomic E-state index is -0.799. The van der Waals surface area contributed by atoms with Crippen LogP contribution in [0, 0.1) is 0 Å². The molecule has 5 heteroatoms. The Morgan fingerprint density at radius 1 is 1.47 bits per heavy atom. The highest BCUT2D eigenvalue weighted by Crippen LogP contribution is 2.12. The smallest absolute Gasteiger partial charge is 0.423 e. The number of hydrogen-bond donors (Lipinski definition) is 3. The minimum absolute atomic E-state index is 0.119. The van der Waals surface area contributed by atoms with E-state index in [1.165, 1.54) is 0 Å². The second-order valence-corrected chi connectivity index (χ2v) is 3.55. The first-order valence-electron chi connectivity index (χ1n) is 5.05. The predicted octanol–water partition coefficient (Wildman–Crippen LogP) is -1.01. The van der Waals surface area contributed by atoms with E-state index in [-0.39, 0.29) is 6.61 Å². The number of aliphatic hydroxyl groups is 1. The highest BCUT2D eigenvalue weighted by molar-refractivity contribution is 6.62. The summed E-state index contributed by atoms with van der Waals surface area (Å²) in [6.07, 6.45) is 0. The third-order valence-corrected chi connectivity index (χ3v) is 2.53. The molecule has 3 N–H and O–H groups in total. The molecule has 0 unspecified atom stereocenters. The number of nitrogens with one attached hydrogen (secondary N) is 1. The largest absolute Gasteiger partial charge is 0.492 e. The van der Waals surface area contributed by atoms with Gasteiger partial charge in [0.15, 0.2) is 0 Å². The summed E-state index contributed by atoms with van der Waals surface area (Å²) in [7, 11) is -0.799. The summed E-state index contributed by atoms with van der Waals surface area (Å²) in [5.74, 6) is 0. The zero-order valence-electron chi connectivity index (χ0n) is 8.44. The normalized spacial score (nSPS) is 14.4. The van der Waals surface area contributed by atoms with Crippen molar-refractivity contribution in [2.75, 3.05) is 13.2 Å². The maximum atomic E-state index is 9.62. The summed E-state index contributed by atoms with van der Waals surface area (Å²) in [4.78, 5) is 0. The van der Waals surface area contributed by atoms with Gasteiger partial charge in [-0.1, -0.05) is 18.2 Å². The lowest BCUT2D eigenvalue weighted by molar-refractivity contribution is 0.275. The molecule has 0 aromatic heterocycles. The van der Waals surface area contributed by atoms with Crippen LogP contribution in [0.1, 0.15) is 11.1 Å². The first-order chi connectivity index (χ1) is 7.33. The Labute approximate surface area is 89.0 Å². The molecular weight excluding hydrogens is 193 g/mol. The van der Waals surface area contributed by atoms with Crippen LogP contribution in [0.15, 0.2) is 18.2 Å². The van der Waals surface area contributed by atoms with Gasteiger partial charge in [0.1, 0.15) is 0 Å². The van der Waals surface area contributed by atoms with Crippen molar-refractivity contribution in [1.29, 1.82) is 0 Å². The van der Waals surface area contributed by atoms with Crippen molar-refractivity contribution in [1.82, 2.24) is 5.32 Å². The van der Waals surface area contributed by atoms with Crippen molar-refractivity contribution in [3.8, 4) is 0 Å². The molecule has 0 radical (unpaired) electrons. The van der Waals surface area contributed by atoms with Crippen molar-refractivity contribution in [2.45, 2.75) is 13.2 Å². The van der Waals surface area contributed by atoms with Crippen LogP contribution in [0.2, 0.25) is 0 Å². The molecule has 0 amide bonds. The van der Waals surface area contributed by atoms with Gasteiger partial charge in [-0.3, -0.25) is 0 Å². The molecular formula is C10H14BNO3. The zero-order chi connectivity index (χ0) is 10.7. The van der Waals surface area contributed by atoms with Crippen LogP contribution >= 0.6 is 0 Å². The fourth-order valence-corrected chi connectivity index (χ4v) is 1.82. The van der Waals surface area contributed by atoms with Crippen molar-refractivity contribution >= 4 is 12.6 Å². The molecule has 1 aliphatic rings. The van der Waals surface area contributed by atoms with Crippen LogP contribution in [0.4, 0.5) is 0 Å². The molecule has 0 fully saturated rings. The predicted molar refractivity (Wildman–Crippen MR) is 57.6 cm³/mol. The summed E-state index contributed by atoms with van der Waals surface area (Å²) < 4.78 is 5.15. The molecule has 0 spiro atoms. The van der Waals surface area contributed by atoms with Crippen LogP contribution in [-0.2, 0) is 17.8 Å². The van der Waals surface area contributed by atoms with Crippen LogP contribution < -0.4 is 10.8 Å². The molecule has 1 heterocycles. The van der Waals surface area contributed by atoms with E-state index in [1.54, 1.807) is 0 Å². The average Bonchev–Trinajstić information content (AvgIpc) is 2.62. The van der Waals surface area contributed by atoms with Gasteiger partial charge in [-0.2, -0.15) is 0 Å². The van der Waals surface area contributed by atoms with Crippen LogP contribution in [0.5, 0.6) is 0 Å². The quantitative estimate of drug-likeness (QED) is 0.437. The molecule has 4 nitrogen and oxygen atoms in total. The molecule has 1 aliphatic heterocycles. The topological polar surface area (TPSA) is 61.7 Å². The molecule has 1 aromatic carbocycles. The minimum Gasteiger partial charge on any atom is -0.423 e. The van der Waals surface area contributed by atoms with E-state index < -0.39 is 7.12 Å². The lowest BCUT2D eigenvalue weighted by Gasteiger charge is -2.08. The molecule has 0 atom stereocenters. The summed E-state index contributed by atoms with van der Waals surface area (Å²) in [5, 5.41) is 21.4. The molecule has 2 rings (SSSR count). The van der Waals surface area contributed by atoms with Gasteiger partial charge in [-0.25, -0.2) is 0 Å². The van der Waals surface area contributed by atoms with Gasteiger partial charge in [-0.15, -0.1) is 0 Å². The van der Waals surface area contributed by atoms with E-state index >= 15 is 0 Å². The molecule has 1 aromatic rings. The number of hydrogen-bond acceptors (Lipinski definition) is 4. The van der Waals surface area contributed by atoms with Gasteiger partial charge in [0.05, 0.1) is 13.2 Å². The Kier molecular flexibility index (Phi) is 3.38. The highest BCUT2D eigenvalue weighted by Gasteiger charge is 2.29. The monoisotopic (exact) mass is 207 g/mol. The maximum Gasteiger partial charge on any atom is 0.492 e. The first-order valence-corrected chi connectivity index (χ1v) is 5.05. The third-order valence-electron chi connectivity index (χ3n) is 2.53. The summed E-state index contributed by atoms with van der Waals surface area (Å²) in [5.41, 5.74) is 2.96. The second kappa shape index (κ2) is 4.76. The van der Waals surface area contributed by atoms with E-state index in [2.05, 4.69) is 5.32 Å². The number of fused-ring (bicyclic) bond motifs is 1. The lowest BCUT2D eigenvalue weighted by Crippen LogP contribution is -2.33. The molecule has 0 saturated carbocycles. The van der Waals surface area contributed by atoms with Gasteiger partial charge in [0.25, 0.3) is 0 Å².